The number of methoxy groups -OCH3 is 1. The fraction of sp³-hybridized carbons (Fsp3) is 0.762. The molecule has 3 rings (SSSR count). The summed E-state index contributed by atoms with van der Waals surface area (Å²) in [6, 6.07) is 0. The molecule has 0 N–H and O–H groups in total. The normalized spacial score (nSPS) is 39.9. The van der Waals surface area contributed by atoms with Gasteiger partial charge in [-0.1, -0.05) is 36.1 Å². The molecule has 0 aromatic carbocycles. The molecule has 0 heterocycles. The second-order valence-electron chi connectivity index (χ2n) is 8.71. The zero-order valence-corrected chi connectivity index (χ0v) is 15.5. The largest absolute Gasteiger partial charge is 0.469 e. The van der Waals surface area contributed by atoms with Crippen LogP contribution in [-0.2, 0) is 9.53 Å². The minimum Gasteiger partial charge on any atom is -0.469 e. The van der Waals surface area contributed by atoms with Crippen molar-refractivity contribution in [3.8, 4) is 0 Å². The summed E-state index contributed by atoms with van der Waals surface area (Å²) in [6.07, 6.45) is 10.6. The first-order valence-electron chi connectivity index (χ1n) is 9.25. The summed E-state index contributed by atoms with van der Waals surface area (Å²) in [4.78, 5) is 12.5. The van der Waals surface area contributed by atoms with Crippen molar-refractivity contribution in [1.82, 2.24) is 0 Å². The van der Waals surface area contributed by atoms with E-state index in [0.717, 1.165) is 19.3 Å². The molecule has 2 heteroatoms. The summed E-state index contributed by atoms with van der Waals surface area (Å²) in [5.41, 5.74) is 4.75. The van der Waals surface area contributed by atoms with Crippen LogP contribution in [0, 0.1) is 22.7 Å². The third-order valence-electron chi connectivity index (χ3n) is 7.35. The second-order valence-corrected chi connectivity index (χ2v) is 8.71. The maximum Gasteiger partial charge on any atom is 0.311 e. The Morgan fingerprint density at radius 3 is 2.65 bits per heavy atom. The van der Waals surface area contributed by atoms with Gasteiger partial charge in [0.2, 0.25) is 0 Å². The van der Waals surface area contributed by atoms with Gasteiger partial charge < -0.3 is 4.74 Å². The van der Waals surface area contributed by atoms with E-state index in [-0.39, 0.29) is 16.8 Å². The van der Waals surface area contributed by atoms with E-state index < -0.39 is 0 Å². The van der Waals surface area contributed by atoms with Crippen molar-refractivity contribution in [3.63, 3.8) is 0 Å². The molecule has 0 aromatic heterocycles. The van der Waals surface area contributed by atoms with Gasteiger partial charge in [-0.25, -0.2) is 0 Å². The molecule has 0 aromatic rings. The summed E-state index contributed by atoms with van der Waals surface area (Å²) in [5.74, 6) is 1.10. The van der Waals surface area contributed by atoms with E-state index in [1.54, 1.807) is 18.3 Å². The van der Waals surface area contributed by atoms with Gasteiger partial charge in [-0.2, -0.15) is 0 Å². The molecule has 4 atom stereocenters. The van der Waals surface area contributed by atoms with E-state index in [1.165, 1.54) is 31.3 Å². The molecule has 0 radical (unpaired) electrons. The van der Waals surface area contributed by atoms with Crippen molar-refractivity contribution in [2.45, 2.75) is 72.6 Å². The molecule has 2 fully saturated rings. The lowest BCUT2D eigenvalue weighted by Gasteiger charge is -2.57. The second kappa shape index (κ2) is 5.79. The Balaban J connectivity index is 1.97. The monoisotopic (exact) mass is 316 g/mol. The number of rotatable bonds is 1. The van der Waals surface area contributed by atoms with Gasteiger partial charge in [-0.15, -0.1) is 0 Å². The van der Waals surface area contributed by atoms with E-state index in [1.807, 2.05) is 0 Å². The van der Waals surface area contributed by atoms with Gasteiger partial charge >= 0.3 is 5.97 Å². The fourth-order valence-electron chi connectivity index (χ4n) is 5.96. The van der Waals surface area contributed by atoms with Gasteiger partial charge in [-0.05, 0) is 76.5 Å². The van der Waals surface area contributed by atoms with Crippen LogP contribution in [0.2, 0.25) is 0 Å². The quantitative estimate of drug-likeness (QED) is 0.475. The lowest BCUT2D eigenvalue weighted by atomic mass is 9.46. The van der Waals surface area contributed by atoms with Gasteiger partial charge in [0.05, 0.1) is 12.5 Å². The number of esters is 1. The molecule has 0 spiro atoms. The van der Waals surface area contributed by atoms with Crippen LogP contribution in [-0.4, -0.2) is 13.1 Å². The summed E-state index contributed by atoms with van der Waals surface area (Å²) in [6.45, 7) is 9.12. The lowest BCUT2D eigenvalue weighted by molar-refractivity contribution is -0.166. The SMILES string of the molecule is COC(=O)C1(C)CCCC2(C)C3CCC(=C(C)C)CC3=CCC12. The Morgan fingerprint density at radius 2 is 2.00 bits per heavy atom. The summed E-state index contributed by atoms with van der Waals surface area (Å²) < 4.78 is 5.20. The molecule has 128 valence electrons. The van der Waals surface area contributed by atoms with Crippen molar-refractivity contribution >= 4 is 5.97 Å². The van der Waals surface area contributed by atoms with Crippen LogP contribution >= 0.6 is 0 Å². The van der Waals surface area contributed by atoms with Gasteiger partial charge in [0.1, 0.15) is 0 Å². The maximum absolute atomic E-state index is 12.5. The van der Waals surface area contributed by atoms with E-state index in [9.17, 15) is 4.79 Å². The van der Waals surface area contributed by atoms with Crippen molar-refractivity contribution in [3.05, 3.63) is 22.8 Å². The Hall–Kier alpha value is -1.05. The summed E-state index contributed by atoms with van der Waals surface area (Å²) >= 11 is 0. The highest BCUT2D eigenvalue weighted by molar-refractivity contribution is 5.77. The van der Waals surface area contributed by atoms with Gasteiger partial charge in [-0.3, -0.25) is 4.79 Å². The minimum absolute atomic E-state index is 0.00562. The first-order valence-corrected chi connectivity index (χ1v) is 9.25. The molecule has 4 unspecified atom stereocenters. The number of hydrogen-bond acceptors (Lipinski definition) is 2. The average Bonchev–Trinajstić information content (AvgIpc) is 2.53. The van der Waals surface area contributed by atoms with Crippen LogP contribution in [0.5, 0.6) is 0 Å². The van der Waals surface area contributed by atoms with Crippen LogP contribution in [0.15, 0.2) is 22.8 Å². The fourth-order valence-corrected chi connectivity index (χ4v) is 5.96. The molecule has 2 saturated carbocycles. The lowest BCUT2D eigenvalue weighted by Crippen LogP contribution is -2.53. The number of ether oxygens (including phenoxy) is 1. The Labute approximate surface area is 141 Å². The van der Waals surface area contributed by atoms with Crippen LogP contribution in [0.25, 0.3) is 0 Å². The number of carbonyl (C=O) groups excluding carboxylic acids is 1. The smallest absolute Gasteiger partial charge is 0.311 e. The average molecular weight is 316 g/mol. The van der Waals surface area contributed by atoms with E-state index in [4.69, 9.17) is 4.74 Å². The highest BCUT2D eigenvalue weighted by atomic mass is 16.5. The van der Waals surface area contributed by atoms with Gasteiger partial charge in [0.15, 0.2) is 0 Å². The zero-order chi connectivity index (χ0) is 16.8. The Morgan fingerprint density at radius 1 is 1.26 bits per heavy atom. The van der Waals surface area contributed by atoms with E-state index in [0.29, 0.717) is 11.8 Å². The molecule has 0 aliphatic heterocycles. The predicted molar refractivity (Wildman–Crippen MR) is 94.0 cm³/mol. The maximum atomic E-state index is 12.5. The van der Waals surface area contributed by atoms with Crippen molar-refractivity contribution in [2.75, 3.05) is 7.11 Å². The third kappa shape index (κ3) is 2.49. The molecule has 0 bridgehead atoms. The Bertz CT molecular complexity index is 566. The highest BCUT2D eigenvalue weighted by Crippen LogP contribution is 2.62. The molecule has 3 aliphatic rings. The number of hydrogen-bond donors (Lipinski definition) is 0. The summed E-state index contributed by atoms with van der Waals surface area (Å²) in [5, 5.41) is 0. The zero-order valence-electron chi connectivity index (χ0n) is 15.5. The molecule has 3 aliphatic carbocycles. The van der Waals surface area contributed by atoms with Crippen LogP contribution in [0.3, 0.4) is 0 Å². The summed E-state index contributed by atoms with van der Waals surface area (Å²) in [7, 11) is 1.55. The highest BCUT2D eigenvalue weighted by Gasteiger charge is 2.57. The van der Waals surface area contributed by atoms with Crippen LogP contribution in [0.4, 0.5) is 0 Å². The van der Waals surface area contributed by atoms with Crippen molar-refractivity contribution < 1.29 is 9.53 Å². The third-order valence-corrected chi connectivity index (χ3v) is 7.35. The van der Waals surface area contributed by atoms with E-state index >= 15 is 0 Å². The minimum atomic E-state index is -0.305. The molecule has 2 nitrogen and oxygen atoms in total. The van der Waals surface area contributed by atoms with Crippen LogP contribution in [0.1, 0.15) is 72.6 Å². The standard InChI is InChI=1S/C21H32O2/c1-14(2)15-7-9-17-16(13-15)8-10-18-20(17,3)11-6-12-21(18,4)19(22)23-5/h8,17-18H,6-7,9-13H2,1-5H3. The molecule has 0 saturated heterocycles. The Kier molecular flexibility index (Phi) is 4.23. The number of allylic oxidation sites excluding steroid dienone is 4. The molecular formula is C21H32O2. The van der Waals surface area contributed by atoms with Gasteiger partial charge in [0.25, 0.3) is 0 Å². The van der Waals surface area contributed by atoms with Crippen molar-refractivity contribution in [2.24, 2.45) is 22.7 Å². The predicted octanol–water partition coefficient (Wildman–Crippen LogP) is 5.44. The molecule has 0 amide bonds. The van der Waals surface area contributed by atoms with Crippen LogP contribution < -0.4 is 0 Å². The topological polar surface area (TPSA) is 26.3 Å². The first kappa shape index (κ1) is 16.8. The number of fused-ring (bicyclic) bond motifs is 3. The van der Waals surface area contributed by atoms with Crippen molar-refractivity contribution in [1.29, 1.82) is 0 Å². The van der Waals surface area contributed by atoms with E-state index in [2.05, 4.69) is 33.8 Å². The first-order chi connectivity index (χ1) is 10.8. The molecule has 23 heavy (non-hydrogen) atoms. The number of carbonyl (C=O) groups is 1. The molecular weight excluding hydrogens is 284 g/mol. The van der Waals surface area contributed by atoms with Gasteiger partial charge in [0, 0.05) is 0 Å².